The summed E-state index contributed by atoms with van der Waals surface area (Å²) < 4.78 is 0. The van der Waals surface area contributed by atoms with Gasteiger partial charge in [-0.3, -0.25) is 0 Å². The number of anilines is 1. The minimum atomic E-state index is 0.538. The molecule has 1 aromatic heterocycles. The lowest BCUT2D eigenvalue weighted by Crippen LogP contribution is -2.22. The highest BCUT2D eigenvalue weighted by Crippen LogP contribution is 2.21. The molecule has 0 bridgehead atoms. The van der Waals surface area contributed by atoms with Crippen LogP contribution >= 0.6 is 11.6 Å². The fraction of sp³-hybridized carbons (Fsp3) is 0.636. The first kappa shape index (κ1) is 12.2. The Kier molecular flexibility index (Phi) is 4.33. The molecule has 0 aliphatic rings. The van der Waals surface area contributed by atoms with Gasteiger partial charge in [0.25, 0.3) is 0 Å². The molecular formula is C11H18ClN3. The van der Waals surface area contributed by atoms with Crippen molar-refractivity contribution in [1.29, 1.82) is 0 Å². The zero-order valence-corrected chi connectivity index (χ0v) is 10.5. The van der Waals surface area contributed by atoms with E-state index in [2.05, 4.69) is 28.7 Å². The first-order valence-electron chi connectivity index (χ1n) is 5.20. The number of halogens is 1. The summed E-state index contributed by atoms with van der Waals surface area (Å²) in [6, 6.07) is 0. The Morgan fingerprint density at radius 2 is 2.07 bits per heavy atom. The summed E-state index contributed by atoms with van der Waals surface area (Å²) in [5.41, 5.74) is 0.949. The van der Waals surface area contributed by atoms with E-state index in [-0.39, 0.29) is 0 Å². The minimum absolute atomic E-state index is 0.538. The number of rotatable bonds is 4. The predicted octanol–water partition coefficient (Wildman–Crippen LogP) is 2.92. The summed E-state index contributed by atoms with van der Waals surface area (Å²) in [7, 11) is 2.04. The zero-order chi connectivity index (χ0) is 11.4. The molecule has 1 heterocycles. The van der Waals surface area contributed by atoms with E-state index < -0.39 is 0 Å². The van der Waals surface area contributed by atoms with Crippen LogP contribution in [0.15, 0.2) is 6.33 Å². The average molecular weight is 228 g/mol. The van der Waals surface area contributed by atoms with Gasteiger partial charge in [-0.2, -0.15) is 0 Å². The lowest BCUT2D eigenvalue weighted by molar-refractivity contribution is 0.583. The Balaban J connectivity index is 2.73. The molecule has 4 heteroatoms. The van der Waals surface area contributed by atoms with Crippen molar-refractivity contribution >= 4 is 17.4 Å². The van der Waals surface area contributed by atoms with Crippen LogP contribution in [0.5, 0.6) is 0 Å². The Morgan fingerprint density at radius 3 is 2.67 bits per heavy atom. The Bertz CT molecular complexity index is 326. The third-order valence-electron chi connectivity index (χ3n) is 2.40. The molecule has 84 valence electrons. The molecule has 0 aliphatic heterocycles. The maximum atomic E-state index is 5.94. The van der Waals surface area contributed by atoms with E-state index in [0.29, 0.717) is 11.1 Å². The largest absolute Gasteiger partial charge is 0.359 e. The third-order valence-corrected chi connectivity index (χ3v) is 2.78. The fourth-order valence-corrected chi connectivity index (χ4v) is 1.49. The van der Waals surface area contributed by atoms with Crippen molar-refractivity contribution < 1.29 is 0 Å². The van der Waals surface area contributed by atoms with E-state index in [1.165, 1.54) is 6.33 Å². The molecule has 0 saturated heterocycles. The van der Waals surface area contributed by atoms with Crippen LogP contribution in [-0.4, -0.2) is 23.6 Å². The van der Waals surface area contributed by atoms with Crippen LogP contribution in [0.3, 0.4) is 0 Å². The van der Waals surface area contributed by atoms with Crippen LogP contribution in [0.1, 0.15) is 25.8 Å². The number of aromatic nitrogens is 2. The summed E-state index contributed by atoms with van der Waals surface area (Å²) >= 11 is 5.94. The number of nitrogens with zero attached hydrogens (tertiary/aromatic N) is 3. The molecule has 0 amide bonds. The second kappa shape index (κ2) is 5.31. The topological polar surface area (TPSA) is 29.0 Å². The fourth-order valence-electron chi connectivity index (χ4n) is 1.36. The van der Waals surface area contributed by atoms with Gasteiger partial charge in [0.1, 0.15) is 17.3 Å². The molecular weight excluding hydrogens is 210 g/mol. The molecule has 0 atom stereocenters. The van der Waals surface area contributed by atoms with Crippen molar-refractivity contribution in [3.05, 3.63) is 17.0 Å². The molecule has 0 unspecified atom stereocenters. The van der Waals surface area contributed by atoms with Gasteiger partial charge < -0.3 is 4.90 Å². The van der Waals surface area contributed by atoms with Gasteiger partial charge in [0.05, 0.1) is 0 Å². The second-order valence-electron chi connectivity index (χ2n) is 4.22. The summed E-state index contributed by atoms with van der Waals surface area (Å²) in [4.78, 5) is 10.3. The summed E-state index contributed by atoms with van der Waals surface area (Å²) in [6.45, 7) is 7.37. The summed E-state index contributed by atoms with van der Waals surface area (Å²) in [5, 5.41) is 0.538. The maximum Gasteiger partial charge on any atom is 0.137 e. The highest BCUT2D eigenvalue weighted by Gasteiger charge is 2.09. The first-order chi connectivity index (χ1) is 7.02. The van der Waals surface area contributed by atoms with Gasteiger partial charge in [-0.15, -0.1) is 0 Å². The normalized spacial score (nSPS) is 10.8. The molecule has 0 aliphatic carbocycles. The first-order valence-corrected chi connectivity index (χ1v) is 5.58. The molecule has 0 saturated carbocycles. The molecule has 0 fully saturated rings. The standard InChI is InChI=1S/C11H18ClN3/c1-8(2)5-6-15(4)11-9(3)10(12)13-7-14-11/h7-8H,5-6H2,1-4H3. The van der Waals surface area contributed by atoms with E-state index in [1.807, 2.05) is 14.0 Å². The van der Waals surface area contributed by atoms with Gasteiger partial charge in [-0.25, -0.2) is 9.97 Å². The quantitative estimate of drug-likeness (QED) is 0.741. The van der Waals surface area contributed by atoms with Gasteiger partial charge in [0.15, 0.2) is 0 Å². The smallest absolute Gasteiger partial charge is 0.137 e. The predicted molar refractivity (Wildman–Crippen MR) is 64.5 cm³/mol. The molecule has 1 aromatic rings. The van der Waals surface area contributed by atoms with Gasteiger partial charge in [0.2, 0.25) is 0 Å². The number of hydrogen-bond acceptors (Lipinski definition) is 3. The van der Waals surface area contributed by atoms with Crippen molar-refractivity contribution in [3.8, 4) is 0 Å². The molecule has 15 heavy (non-hydrogen) atoms. The second-order valence-corrected chi connectivity index (χ2v) is 4.58. The zero-order valence-electron chi connectivity index (χ0n) is 9.79. The Morgan fingerprint density at radius 1 is 1.40 bits per heavy atom. The van der Waals surface area contributed by atoms with Crippen LogP contribution in [0.4, 0.5) is 5.82 Å². The SMILES string of the molecule is Cc1c(Cl)ncnc1N(C)CCC(C)C. The average Bonchev–Trinajstić information content (AvgIpc) is 2.18. The van der Waals surface area contributed by atoms with Gasteiger partial charge in [-0.1, -0.05) is 25.4 Å². The molecule has 1 rings (SSSR count). The van der Waals surface area contributed by atoms with Crippen LogP contribution in [0, 0.1) is 12.8 Å². The highest BCUT2D eigenvalue weighted by atomic mass is 35.5. The van der Waals surface area contributed by atoms with E-state index >= 15 is 0 Å². The van der Waals surface area contributed by atoms with Crippen molar-refractivity contribution in [2.24, 2.45) is 5.92 Å². The summed E-state index contributed by atoms with van der Waals surface area (Å²) in [6.07, 6.45) is 2.66. The monoisotopic (exact) mass is 227 g/mol. The molecule has 3 nitrogen and oxygen atoms in total. The van der Waals surface area contributed by atoms with E-state index in [4.69, 9.17) is 11.6 Å². The van der Waals surface area contributed by atoms with Crippen molar-refractivity contribution in [2.75, 3.05) is 18.5 Å². The van der Waals surface area contributed by atoms with Gasteiger partial charge in [-0.05, 0) is 19.3 Å². The number of hydrogen-bond donors (Lipinski definition) is 0. The van der Waals surface area contributed by atoms with Crippen molar-refractivity contribution in [3.63, 3.8) is 0 Å². The van der Waals surface area contributed by atoms with Crippen LogP contribution in [-0.2, 0) is 0 Å². The summed E-state index contributed by atoms with van der Waals surface area (Å²) in [5.74, 6) is 1.63. The van der Waals surface area contributed by atoms with E-state index in [0.717, 1.165) is 24.3 Å². The molecule has 0 N–H and O–H groups in total. The van der Waals surface area contributed by atoms with E-state index in [9.17, 15) is 0 Å². The Hall–Kier alpha value is -0.830. The lowest BCUT2D eigenvalue weighted by atomic mass is 10.1. The van der Waals surface area contributed by atoms with Crippen LogP contribution in [0.2, 0.25) is 5.15 Å². The maximum absolute atomic E-state index is 5.94. The van der Waals surface area contributed by atoms with Crippen molar-refractivity contribution in [1.82, 2.24) is 9.97 Å². The van der Waals surface area contributed by atoms with E-state index in [1.54, 1.807) is 0 Å². The van der Waals surface area contributed by atoms with Gasteiger partial charge in [0, 0.05) is 19.2 Å². The molecule has 0 radical (unpaired) electrons. The van der Waals surface area contributed by atoms with Gasteiger partial charge >= 0.3 is 0 Å². The third kappa shape index (κ3) is 3.34. The minimum Gasteiger partial charge on any atom is -0.359 e. The van der Waals surface area contributed by atoms with Crippen LogP contribution < -0.4 is 4.90 Å². The molecule has 0 aromatic carbocycles. The van der Waals surface area contributed by atoms with Crippen LogP contribution in [0.25, 0.3) is 0 Å². The van der Waals surface area contributed by atoms with Crippen molar-refractivity contribution in [2.45, 2.75) is 27.2 Å². The lowest BCUT2D eigenvalue weighted by Gasteiger charge is -2.20. The molecule has 0 spiro atoms. The Labute approximate surface area is 96.5 Å². The highest BCUT2D eigenvalue weighted by molar-refractivity contribution is 6.30.